The first-order valence-electron chi connectivity index (χ1n) is 6.54. The molecule has 0 saturated carbocycles. The van der Waals surface area contributed by atoms with Crippen molar-refractivity contribution >= 4 is 5.97 Å². The summed E-state index contributed by atoms with van der Waals surface area (Å²) in [5.41, 5.74) is 0.652. The van der Waals surface area contributed by atoms with Gasteiger partial charge in [0.1, 0.15) is 6.04 Å². The molecule has 1 fully saturated rings. The zero-order valence-corrected chi connectivity index (χ0v) is 11.4. The molecule has 0 bridgehead atoms. The highest BCUT2D eigenvalue weighted by atomic mass is 19.2. The van der Waals surface area contributed by atoms with Crippen molar-refractivity contribution < 1.29 is 18.7 Å². The molecule has 1 aromatic rings. The average Bonchev–Trinajstić information content (AvgIpc) is 2.74. The van der Waals surface area contributed by atoms with Crippen LogP contribution < -0.4 is 5.32 Å². The Kier molecular flexibility index (Phi) is 4.35. The average molecular weight is 284 g/mol. The Balaban J connectivity index is 2.21. The molecule has 20 heavy (non-hydrogen) atoms. The lowest BCUT2D eigenvalue weighted by Crippen LogP contribution is -2.43. The third-order valence-electron chi connectivity index (χ3n) is 3.77. The van der Waals surface area contributed by atoms with E-state index in [4.69, 9.17) is 5.11 Å². The molecule has 1 aliphatic rings. The first-order chi connectivity index (χ1) is 9.40. The van der Waals surface area contributed by atoms with Gasteiger partial charge >= 0.3 is 5.97 Å². The van der Waals surface area contributed by atoms with E-state index in [0.29, 0.717) is 5.56 Å². The highest BCUT2D eigenvalue weighted by molar-refractivity contribution is 5.72. The van der Waals surface area contributed by atoms with Crippen LogP contribution in [-0.2, 0) is 4.79 Å². The lowest BCUT2D eigenvalue weighted by atomic mass is 9.99. The zero-order chi connectivity index (χ0) is 14.9. The predicted molar refractivity (Wildman–Crippen MR) is 70.4 cm³/mol. The minimum Gasteiger partial charge on any atom is -0.480 e. The monoisotopic (exact) mass is 284 g/mol. The maximum atomic E-state index is 13.4. The number of carboxylic acids is 1. The molecule has 110 valence electrons. The topological polar surface area (TPSA) is 52.6 Å². The van der Waals surface area contributed by atoms with Gasteiger partial charge in [0, 0.05) is 18.6 Å². The number of carbonyl (C=O) groups is 1. The van der Waals surface area contributed by atoms with Crippen molar-refractivity contribution in [2.75, 3.05) is 13.6 Å². The molecule has 3 atom stereocenters. The quantitative estimate of drug-likeness (QED) is 0.885. The van der Waals surface area contributed by atoms with Gasteiger partial charge in [-0.1, -0.05) is 6.07 Å². The van der Waals surface area contributed by atoms with E-state index in [0.717, 1.165) is 19.0 Å². The Morgan fingerprint density at radius 1 is 1.45 bits per heavy atom. The molecular weight excluding hydrogens is 266 g/mol. The molecular formula is C14H18F2N2O2. The highest BCUT2D eigenvalue weighted by Crippen LogP contribution is 2.31. The van der Waals surface area contributed by atoms with E-state index in [-0.39, 0.29) is 12.1 Å². The minimum absolute atomic E-state index is 0.101. The Bertz CT molecular complexity index is 510. The first kappa shape index (κ1) is 14.9. The van der Waals surface area contributed by atoms with Crippen LogP contribution in [0.25, 0.3) is 0 Å². The van der Waals surface area contributed by atoms with Gasteiger partial charge in [-0.2, -0.15) is 0 Å². The summed E-state index contributed by atoms with van der Waals surface area (Å²) in [4.78, 5) is 12.9. The van der Waals surface area contributed by atoms with Crippen molar-refractivity contribution in [2.24, 2.45) is 0 Å². The van der Waals surface area contributed by atoms with E-state index >= 15 is 0 Å². The van der Waals surface area contributed by atoms with Crippen LogP contribution in [-0.4, -0.2) is 41.7 Å². The van der Waals surface area contributed by atoms with Crippen molar-refractivity contribution in [1.29, 1.82) is 0 Å². The fraction of sp³-hybridized carbons (Fsp3) is 0.500. The number of likely N-dealkylation sites (tertiary alicyclic amines) is 1. The van der Waals surface area contributed by atoms with E-state index in [1.165, 1.54) is 6.07 Å². The smallest absolute Gasteiger partial charge is 0.320 e. The van der Waals surface area contributed by atoms with Crippen LogP contribution in [0.4, 0.5) is 8.78 Å². The third-order valence-corrected chi connectivity index (χ3v) is 3.77. The van der Waals surface area contributed by atoms with Crippen molar-refractivity contribution in [2.45, 2.75) is 31.5 Å². The molecule has 2 N–H and O–H groups in total. The van der Waals surface area contributed by atoms with Gasteiger partial charge in [0.15, 0.2) is 11.6 Å². The largest absolute Gasteiger partial charge is 0.480 e. The number of rotatable bonds is 4. The summed E-state index contributed by atoms with van der Waals surface area (Å²) in [6, 6.07) is 2.89. The van der Waals surface area contributed by atoms with Crippen LogP contribution in [0, 0.1) is 11.6 Å². The van der Waals surface area contributed by atoms with E-state index < -0.39 is 23.6 Å². The second kappa shape index (κ2) is 5.85. The Morgan fingerprint density at radius 2 is 2.15 bits per heavy atom. The summed E-state index contributed by atoms with van der Waals surface area (Å²) in [5.74, 6) is -2.69. The fourth-order valence-corrected chi connectivity index (χ4v) is 2.70. The molecule has 2 rings (SSSR count). The molecule has 3 unspecified atom stereocenters. The molecule has 6 heteroatoms. The summed E-state index contributed by atoms with van der Waals surface area (Å²) in [5, 5.41) is 12.0. The van der Waals surface area contributed by atoms with Crippen LogP contribution in [0.5, 0.6) is 0 Å². The van der Waals surface area contributed by atoms with Crippen LogP contribution in [0.1, 0.15) is 24.9 Å². The van der Waals surface area contributed by atoms with Crippen molar-refractivity contribution in [3.63, 3.8) is 0 Å². The molecule has 1 aromatic carbocycles. The van der Waals surface area contributed by atoms with Crippen LogP contribution in [0.2, 0.25) is 0 Å². The van der Waals surface area contributed by atoms with Gasteiger partial charge in [0.05, 0.1) is 0 Å². The molecule has 0 aromatic heterocycles. The lowest BCUT2D eigenvalue weighted by Gasteiger charge is -2.27. The third kappa shape index (κ3) is 2.96. The minimum atomic E-state index is -0.927. The van der Waals surface area contributed by atoms with Gasteiger partial charge < -0.3 is 5.11 Å². The van der Waals surface area contributed by atoms with E-state index in [1.807, 2.05) is 11.9 Å². The van der Waals surface area contributed by atoms with E-state index in [1.54, 1.807) is 13.0 Å². The first-order valence-corrected chi connectivity index (χ1v) is 6.54. The number of nitrogens with one attached hydrogen (secondary N) is 1. The van der Waals surface area contributed by atoms with Crippen molar-refractivity contribution in [1.82, 2.24) is 10.2 Å². The Morgan fingerprint density at radius 3 is 2.75 bits per heavy atom. The molecule has 0 spiro atoms. The second-order valence-electron chi connectivity index (χ2n) is 5.22. The number of likely N-dealkylation sites (N-methyl/N-ethyl adjacent to an activating group) is 1. The van der Waals surface area contributed by atoms with Crippen LogP contribution >= 0.6 is 0 Å². The summed E-state index contributed by atoms with van der Waals surface area (Å²) >= 11 is 0. The van der Waals surface area contributed by atoms with Crippen molar-refractivity contribution in [3.05, 3.63) is 35.4 Å². The van der Waals surface area contributed by atoms with E-state index in [2.05, 4.69) is 5.32 Å². The van der Waals surface area contributed by atoms with E-state index in [9.17, 15) is 13.6 Å². The second-order valence-corrected chi connectivity index (χ2v) is 5.22. The van der Waals surface area contributed by atoms with Crippen LogP contribution in [0.3, 0.4) is 0 Å². The number of nitrogens with zero attached hydrogens (tertiary/aromatic N) is 1. The normalized spacial score (nSPS) is 24.8. The van der Waals surface area contributed by atoms with Gasteiger partial charge in [-0.15, -0.1) is 0 Å². The number of carboxylic acid groups (broad SMARTS) is 1. The molecule has 1 saturated heterocycles. The van der Waals surface area contributed by atoms with Gasteiger partial charge in [0.25, 0.3) is 0 Å². The maximum Gasteiger partial charge on any atom is 0.320 e. The number of hydrogen-bond acceptors (Lipinski definition) is 3. The molecule has 0 aliphatic carbocycles. The van der Waals surface area contributed by atoms with Crippen molar-refractivity contribution in [3.8, 4) is 0 Å². The van der Waals surface area contributed by atoms with Gasteiger partial charge in [-0.25, -0.2) is 8.78 Å². The lowest BCUT2D eigenvalue weighted by molar-refractivity contribution is -0.139. The molecule has 4 nitrogen and oxygen atoms in total. The number of aliphatic carboxylic acids is 1. The molecule has 1 aliphatic heterocycles. The summed E-state index contributed by atoms with van der Waals surface area (Å²) < 4.78 is 26.4. The summed E-state index contributed by atoms with van der Waals surface area (Å²) in [6.07, 6.45) is 0.762. The Labute approximate surface area is 116 Å². The fourth-order valence-electron chi connectivity index (χ4n) is 2.70. The standard InChI is InChI=1S/C14H18F2N2O2/c1-8(14(19)20)17-12-5-6-18(2)13(12)9-3-4-10(15)11(16)7-9/h3-4,7-8,12-13,17H,5-6H2,1-2H3,(H,19,20). The number of halogens is 2. The van der Waals surface area contributed by atoms with Gasteiger partial charge in [-0.05, 0) is 38.1 Å². The van der Waals surface area contributed by atoms with Gasteiger partial charge in [-0.3, -0.25) is 15.0 Å². The maximum absolute atomic E-state index is 13.4. The number of benzene rings is 1. The molecule has 0 radical (unpaired) electrons. The zero-order valence-electron chi connectivity index (χ0n) is 11.4. The SMILES string of the molecule is CC(NC1CCN(C)C1c1ccc(F)c(F)c1)C(=O)O. The summed E-state index contributed by atoms with van der Waals surface area (Å²) in [6.45, 7) is 2.34. The number of hydrogen-bond donors (Lipinski definition) is 2. The Hall–Kier alpha value is -1.53. The molecule has 0 amide bonds. The highest BCUT2D eigenvalue weighted by Gasteiger charge is 2.34. The predicted octanol–water partition coefficient (Wildman–Crippen LogP) is 1.77. The summed E-state index contributed by atoms with van der Waals surface area (Å²) in [7, 11) is 1.89. The van der Waals surface area contributed by atoms with Crippen LogP contribution in [0.15, 0.2) is 18.2 Å². The van der Waals surface area contributed by atoms with Gasteiger partial charge in [0.2, 0.25) is 0 Å². The molecule has 1 heterocycles.